The monoisotopic (exact) mass is 315 g/mol. The van der Waals surface area contributed by atoms with Gasteiger partial charge in [-0.05, 0) is 42.1 Å². The highest BCUT2D eigenvalue weighted by atomic mass is 79.9. The number of ether oxygens (including phenoxy) is 1. The highest BCUT2D eigenvalue weighted by Crippen LogP contribution is 2.26. The molecule has 1 N–H and O–H groups in total. The lowest BCUT2D eigenvalue weighted by molar-refractivity contribution is 0.108. The van der Waals surface area contributed by atoms with Crippen LogP contribution < -0.4 is 10.9 Å². The number of nitrogens with zero attached hydrogens (tertiary/aromatic N) is 2. The summed E-state index contributed by atoms with van der Waals surface area (Å²) in [4.78, 5) is 11.9. The number of rotatable bonds is 4. The van der Waals surface area contributed by atoms with Crippen LogP contribution in [0.4, 0.5) is 5.69 Å². The van der Waals surface area contributed by atoms with Crippen LogP contribution in [-0.2, 0) is 11.3 Å². The average molecular weight is 316 g/mol. The highest BCUT2D eigenvalue weighted by molar-refractivity contribution is 9.10. The summed E-state index contributed by atoms with van der Waals surface area (Å²) in [5, 5.41) is 7.48. The second-order valence-electron chi connectivity index (χ2n) is 4.51. The molecule has 1 heterocycles. The standard InChI is InChI=1S/C12H18BrN3O2/c1-3-16-12(17)11(13)10(7-14-16)15-8-4-5-9(6-8)18-2/h7-9,15H,3-6H2,1-2H3. The fourth-order valence-corrected chi connectivity index (χ4v) is 2.72. The largest absolute Gasteiger partial charge is 0.381 e. The van der Waals surface area contributed by atoms with Gasteiger partial charge in [0.1, 0.15) is 4.47 Å². The zero-order valence-electron chi connectivity index (χ0n) is 10.6. The molecule has 1 aromatic rings. The topological polar surface area (TPSA) is 56.1 Å². The fourth-order valence-electron chi connectivity index (χ4n) is 2.30. The first-order valence-corrected chi connectivity index (χ1v) is 7.00. The maximum atomic E-state index is 11.9. The number of hydrogen-bond acceptors (Lipinski definition) is 4. The predicted molar refractivity (Wildman–Crippen MR) is 73.9 cm³/mol. The molecule has 2 unspecified atom stereocenters. The molecule has 0 spiro atoms. The molecule has 0 saturated heterocycles. The van der Waals surface area contributed by atoms with E-state index in [-0.39, 0.29) is 5.56 Å². The lowest BCUT2D eigenvalue weighted by Crippen LogP contribution is -2.25. The predicted octanol–water partition coefficient (Wildman–Crippen LogP) is 2.01. The van der Waals surface area contributed by atoms with Crippen molar-refractivity contribution >= 4 is 21.6 Å². The Bertz CT molecular complexity index is 475. The minimum Gasteiger partial charge on any atom is -0.381 e. The van der Waals surface area contributed by atoms with Crippen molar-refractivity contribution in [3.8, 4) is 0 Å². The molecule has 6 heteroatoms. The SMILES string of the molecule is CCn1ncc(NC2CCC(OC)C2)c(Br)c1=O. The molecule has 0 aromatic carbocycles. The van der Waals surface area contributed by atoms with Crippen LogP contribution in [-0.4, -0.2) is 29.0 Å². The van der Waals surface area contributed by atoms with Crippen molar-refractivity contribution in [2.75, 3.05) is 12.4 Å². The molecular weight excluding hydrogens is 298 g/mol. The third-order valence-electron chi connectivity index (χ3n) is 3.36. The summed E-state index contributed by atoms with van der Waals surface area (Å²) >= 11 is 3.34. The van der Waals surface area contributed by atoms with E-state index in [9.17, 15) is 4.79 Å². The van der Waals surface area contributed by atoms with Gasteiger partial charge in [0.15, 0.2) is 0 Å². The third-order valence-corrected chi connectivity index (χ3v) is 4.13. The van der Waals surface area contributed by atoms with E-state index >= 15 is 0 Å². The Kier molecular flexibility index (Phi) is 4.40. The summed E-state index contributed by atoms with van der Waals surface area (Å²) in [6.07, 6.45) is 5.12. The Labute approximate surface area is 115 Å². The van der Waals surface area contributed by atoms with Gasteiger partial charge in [-0.2, -0.15) is 5.10 Å². The van der Waals surface area contributed by atoms with Crippen LogP contribution in [0.25, 0.3) is 0 Å². The first-order valence-electron chi connectivity index (χ1n) is 6.20. The van der Waals surface area contributed by atoms with Gasteiger partial charge in [-0.15, -0.1) is 0 Å². The number of hydrogen-bond donors (Lipinski definition) is 1. The van der Waals surface area contributed by atoms with Gasteiger partial charge in [-0.1, -0.05) is 0 Å². The molecule has 0 bridgehead atoms. The summed E-state index contributed by atoms with van der Waals surface area (Å²) < 4.78 is 7.32. The Hall–Kier alpha value is -0.880. The molecule has 2 atom stereocenters. The maximum Gasteiger partial charge on any atom is 0.283 e. The normalized spacial score (nSPS) is 23.3. The maximum absolute atomic E-state index is 11.9. The van der Waals surface area contributed by atoms with Crippen molar-refractivity contribution in [1.82, 2.24) is 9.78 Å². The molecular formula is C12H18BrN3O2. The summed E-state index contributed by atoms with van der Waals surface area (Å²) in [6.45, 7) is 2.47. The summed E-state index contributed by atoms with van der Waals surface area (Å²) in [7, 11) is 1.74. The Morgan fingerprint density at radius 3 is 3.00 bits per heavy atom. The van der Waals surface area contributed by atoms with Crippen molar-refractivity contribution < 1.29 is 4.74 Å². The molecule has 5 nitrogen and oxygen atoms in total. The number of nitrogens with one attached hydrogen (secondary N) is 1. The molecule has 18 heavy (non-hydrogen) atoms. The summed E-state index contributed by atoms with van der Waals surface area (Å²) in [5.74, 6) is 0. The van der Waals surface area contributed by atoms with Crippen molar-refractivity contribution in [2.24, 2.45) is 0 Å². The number of aromatic nitrogens is 2. The van der Waals surface area contributed by atoms with Crippen LogP contribution in [0.5, 0.6) is 0 Å². The van der Waals surface area contributed by atoms with Crippen molar-refractivity contribution in [3.63, 3.8) is 0 Å². The summed E-state index contributed by atoms with van der Waals surface area (Å²) in [5.41, 5.74) is 0.676. The molecule has 1 fully saturated rings. The van der Waals surface area contributed by atoms with E-state index in [1.165, 1.54) is 4.68 Å². The van der Waals surface area contributed by atoms with Crippen LogP contribution in [0.2, 0.25) is 0 Å². The Balaban J connectivity index is 2.11. The smallest absolute Gasteiger partial charge is 0.283 e. The quantitative estimate of drug-likeness (QED) is 0.923. The van der Waals surface area contributed by atoms with E-state index in [2.05, 4.69) is 26.3 Å². The molecule has 0 amide bonds. The van der Waals surface area contributed by atoms with Gasteiger partial charge in [0.25, 0.3) is 5.56 Å². The minimum atomic E-state index is -0.0937. The third kappa shape index (κ3) is 2.75. The number of methoxy groups -OCH3 is 1. The van der Waals surface area contributed by atoms with Gasteiger partial charge in [-0.25, -0.2) is 4.68 Å². The lowest BCUT2D eigenvalue weighted by Gasteiger charge is -2.15. The fraction of sp³-hybridized carbons (Fsp3) is 0.667. The van der Waals surface area contributed by atoms with Crippen molar-refractivity contribution in [1.29, 1.82) is 0 Å². The van der Waals surface area contributed by atoms with E-state index in [1.807, 2.05) is 6.92 Å². The molecule has 1 aliphatic carbocycles. The number of anilines is 1. The molecule has 2 rings (SSSR count). The van der Waals surface area contributed by atoms with Crippen LogP contribution in [0, 0.1) is 0 Å². The number of aryl methyl sites for hydroxylation is 1. The Morgan fingerprint density at radius 1 is 1.61 bits per heavy atom. The van der Waals surface area contributed by atoms with Gasteiger partial charge in [0.2, 0.25) is 0 Å². The van der Waals surface area contributed by atoms with Crippen LogP contribution >= 0.6 is 15.9 Å². The van der Waals surface area contributed by atoms with Gasteiger partial charge >= 0.3 is 0 Å². The van der Waals surface area contributed by atoms with Gasteiger partial charge in [0.05, 0.1) is 18.0 Å². The van der Waals surface area contributed by atoms with E-state index in [1.54, 1.807) is 13.3 Å². The zero-order chi connectivity index (χ0) is 13.1. The first kappa shape index (κ1) is 13.5. The molecule has 0 aliphatic heterocycles. The lowest BCUT2D eigenvalue weighted by atomic mass is 10.2. The molecule has 100 valence electrons. The second kappa shape index (κ2) is 5.84. The van der Waals surface area contributed by atoms with E-state index in [4.69, 9.17) is 4.74 Å². The second-order valence-corrected chi connectivity index (χ2v) is 5.30. The van der Waals surface area contributed by atoms with Gasteiger partial charge < -0.3 is 10.1 Å². The molecule has 1 saturated carbocycles. The molecule has 1 aliphatic rings. The van der Waals surface area contributed by atoms with E-state index in [0.717, 1.165) is 24.9 Å². The van der Waals surface area contributed by atoms with Crippen LogP contribution in [0.1, 0.15) is 26.2 Å². The highest BCUT2D eigenvalue weighted by Gasteiger charge is 2.25. The summed E-state index contributed by atoms with van der Waals surface area (Å²) in [6, 6.07) is 0.352. The molecule has 0 radical (unpaired) electrons. The van der Waals surface area contributed by atoms with E-state index in [0.29, 0.717) is 23.2 Å². The first-order chi connectivity index (χ1) is 8.65. The number of halogens is 1. The van der Waals surface area contributed by atoms with E-state index < -0.39 is 0 Å². The Morgan fingerprint density at radius 2 is 2.39 bits per heavy atom. The van der Waals surface area contributed by atoms with Crippen molar-refractivity contribution in [3.05, 3.63) is 21.0 Å². The van der Waals surface area contributed by atoms with Crippen molar-refractivity contribution in [2.45, 2.75) is 44.9 Å². The van der Waals surface area contributed by atoms with Gasteiger partial charge in [-0.3, -0.25) is 4.79 Å². The average Bonchev–Trinajstić information content (AvgIpc) is 2.83. The molecule has 1 aromatic heterocycles. The van der Waals surface area contributed by atoms with Crippen LogP contribution in [0.3, 0.4) is 0 Å². The van der Waals surface area contributed by atoms with Gasteiger partial charge in [0, 0.05) is 19.7 Å². The minimum absolute atomic E-state index is 0.0937. The van der Waals surface area contributed by atoms with Crippen LogP contribution in [0.15, 0.2) is 15.5 Å². The zero-order valence-corrected chi connectivity index (χ0v) is 12.2.